The van der Waals surface area contributed by atoms with Crippen molar-refractivity contribution in [2.24, 2.45) is 16.6 Å². The molecule has 354 valence electrons. The summed E-state index contributed by atoms with van der Waals surface area (Å²) in [6.45, 7) is 22.0. The van der Waals surface area contributed by atoms with Gasteiger partial charge in [-0.15, -0.1) is 0 Å². The molecule has 6 heterocycles. The number of aryl methyl sites for hydroxylation is 1. The number of hydrogen-bond donors (Lipinski definition) is 2. The number of carbonyl (C=O) groups is 2. The maximum absolute atomic E-state index is 12.0. The Labute approximate surface area is 381 Å². The quantitative estimate of drug-likeness (QED) is 0.142. The van der Waals surface area contributed by atoms with Crippen LogP contribution in [0.25, 0.3) is 22.2 Å². The number of aromatic nitrogens is 2. The van der Waals surface area contributed by atoms with Crippen molar-refractivity contribution in [1.82, 2.24) is 29.8 Å². The van der Waals surface area contributed by atoms with Crippen LogP contribution in [0.15, 0.2) is 30.5 Å². The second-order valence-electron chi connectivity index (χ2n) is 19.8. The number of anilines is 2. The van der Waals surface area contributed by atoms with E-state index in [-0.39, 0.29) is 23.0 Å². The fourth-order valence-corrected chi connectivity index (χ4v) is 10.3. The molecule has 1 aliphatic carbocycles. The minimum Gasteiger partial charge on any atom is -0.467 e. The maximum Gasteiger partial charge on any atom is 0.293 e. The molecule has 4 aliphatic heterocycles. The Kier molecular flexibility index (Phi) is 16.4. The standard InChI is InChI=1S/C44H65N7O6.C5H12N2/c1-7-51-39-11-10-33(47(18-19-54-5)13-12-40(38(45)24-52)50-25-44(26-50)28-56-29-44)20-35(39)37(22-43(3,4)27-57-30-53)42(51)36-21-34(23-46-41(36)31(2)55-6)49-16-14-48(15-17-49)32-8-9-32;1-7-5-3-2-4-6-7/h10-11,20-21,23-24,30-32,38,40H,7-9,12-19,22,25-29,45H2,1-6H3;6H,2-5H2,1H3. The van der Waals surface area contributed by atoms with E-state index < -0.39 is 6.04 Å². The molecule has 15 nitrogen and oxygen atoms in total. The molecule has 3 N–H and O–H groups in total. The molecule has 5 aliphatic rings. The lowest BCUT2D eigenvalue weighted by atomic mass is 9.76. The Morgan fingerprint density at radius 3 is 2.41 bits per heavy atom. The Hall–Kier alpha value is -3.67. The van der Waals surface area contributed by atoms with E-state index in [0.717, 1.165) is 124 Å². The van der Waals surface area contributed by atoms with Gasteiger partial charge in [0.1, 0.15) is 6.29 Å². The molecule has 1 spiro atoms. The number of hydrazine groups is 1. The number of likely N-dealkylation sites (tertiary alicyclic amines) is 1. The van der Waals surface area contributed by atoms with Crippen molar-refractivity contribution in [3.8, 4) is 11.3 Å². The van der Waals surface area contributed by atoms with Crippen molar-refractivity contribution < 1.29 is 28.5 Å². The normalized spacial score (nSPS) is 20.8. The first kappa shape index (κ1) is 48.3. The summed E-state index contributed by atoms with van der Waals surface area (Å²) in [6.07, 6.45) is 9.44. The fraction of sp³-hybridized carbons (Fsp3) is 0.694. The number of methoxy groups -OCH3 is 2. The summed E-state index contributed by atoms with van der Waals surface area (Å²) in [5, 5.41) is 3.30. The number of pyridine rings is 1. The second kappa shape index (κ2) is 21.8. The first-order valence-corrected chi connectivity index (χ1v) is 23.9. The molecule has 1 saturated carbocycles. The Morgan fingerprint density at radius 1 is 1.06 bits per heavy atom. The third kappa shape index (κ3) is 11.3. The summed E-state index contributed by atoms with van der Waals surface area (Å²) in [5.74, 6) is 0. The number of carbonyl (C=O) groups excluding carboxylic acids is 2. The number of aldehydes is 1. The van der Waals surface area contributed by atoms with Gasteiger partial charge in [0.2, 0.25) is 0 Å². The highest BCUT2D eigenvalue weighted by Gasteiger charge is 2.51. The highest BCUT2D eigenvalue weighted by atomic mass is 16.5. The Balaban J connectivity index is 0.000000798. The summed E-state index contributed by atoms with van der Waals surface area (Å²) in [5.41, 5.74) is 17.2. The van der Waals surface area contributed by atoms with Crippen LogP contribution >= 0.6 is 0 Å². The van der Waals surface area contributed by atoms with Gasteiger partial charge in [0.15, 0.2) is 0 Å². The number of hydrogen-bond acceptors (Lipinski definition) is 14. The number of nitrogens with two attached hydrogens (primary N) is 1. The van der Waals surface area contributed by atoms with E-state index in [1.54, 1.807) is 14.2 Å². The van der Waals surface area contributed by atoms with Crippen LogP contribution in [0.3, 0.4) is 0 Å². The van der Waals surface area contributed by atoms with Gasteiger partial charge < -0.3 is 43.8 Å². The Bertz CT molecular complexity index is 1980. The first-order valence-electron chi connectivity index (χ1n) is 23.9. The number of rotatable bonds is 21. The van der Waals surface area contributed by atoms with Gasteiger partial charge in [-0.1, -0.05) is 13.8 Å². The number of benzene rings is 1. The third-order valence-corrected chi connectivity index (χ3v) is 14.2. The highest BCUT2D eigenvalue weighted by molar-refractivity contribution is 5.95. The molecular formula is C49H77N9O6. The van der Waals surface area contributed by atoms with Crippen LogP contribution in [0.4, 0.5) is 11.4 Å². The maximum atomic E-state index is 12.0. The summed E-state index contributed by atoms with van der Waals surface area (Å²) < 4.78 is 24.9. The van der Waals surface area contributed by atoms with Crippen LogP contribution in [0, 0.1) is 10.8 Å². The summed E-state index contributed by atoms with van der Waals surface area (Å²) in [4.78, 5) is 38.5. The molecule has 3 aromatic rings. The average molecular weight is 888 g/mol. The molecule has 5 fully saturated rings. The third-order valence-electron chi connectivity index (χ3n) is 14.2. The van der Waals surface area contributed by atoms with Gasteiger partial charge in [0, 0.05) is 138 Å². The monoisotopic (exact) mass is 888 g/mol. The molecule has 2 aromatic heterocycles. The van der Waals surface area contributed by atoms with Crippen molar-refractivity contribution in [2.45, 2.75) is 97.0 Å². The topological polar surface area (TPSA) is 143 Å². The number of nitrogens with one attached hydrogen (secondary N) is 1. The van der Waals surface area contributed by atoms with Gasteiger partial charge in [-0.05, 0) is 82.2 Å². The number of ether oxygens (including phenoxy) is 4. The van der Waals surface area contributed by atoms with Gasteiger partial charge in [0.05, 0.1) is 61.8 Å². The van der Waals surface area contributed by atoms with E-state index in [9.17, 15) is 9.59 Å². The largest absolute Gasteiger partial charge is 0.467 e. The molecule has 1 aromatic carbocycles. The van der Waals surface area contributed by atoms with Crippen molar-refractivity contribution in [2.75, 3.05) is 123 Å². The summed E-state index contributed by atoms with van der Waals surface area (Å²) in [7, 11) is 5.56. The van der Waals surface area contributed by atoms with E-state index in [4.69, 9.17) is 29.7 Å². The lowest BCUT2D eigenvalue weighted by molar-refractivity contribution is -0.199. The van der Waals surface area contributed by atoms with Crippen LogP contribution < -0.4 is 21.0 Å². The zero-order valence-electron chi connectivity index (χ0n) is 39.9. The van der Waals surface area contributed by atoms with Crippen LogP contribution in [0.2, 0.25) is 0 Å². The SMILES string of the molecule is CCn1c(-c2cc(N3CCN(C4CC4)CC3)cnc2C(C)OC)c(CC(C)(C)COC=O)c2cc(N(CCOC)CCC(C(N)C=O)N3CC4(COC4)C3)ccc21.CN1CCCCN1. The summed E-state index contributed by atoms with van der Waals surface area (Å²) in [6, 6.07) is 9.26. The summed E-state index contributed by atoms with van der Waals surface area (Å²) >= 11 is 0. The predicted octanol–water partition coefficient (Wildman–Crippen LogP) is 4.74. The van der Waals surface area contributed by atoms with Gasteiger partial charge in [0.25, 0.3) is 6.47 Å². The zero-order chi connectivity index (χ0) is 45.4. The smallest absolute Gasteiger partial charge is 0.293 e. The van der Waals surface area contributed by atoms with E-state index in [1.165, 1.54) is 37.8 Å². The van der Waals surface area contributed by atoms with Crippen LogP contribution in [-0.4, -0.2) is 168 Å². The van der Waals surface area contributed by atoms with Crippen LogP contribution in [-0.2, 0) is 41.5 Å². The lowest BCUT2D eigenvalue weighted by Crippen LogP contribution is -2.70. The molecule has 4 saturated heterocycles. The molecule has 0 bridgehead atoms. The number of piperazine rings is 1. The van der Waals surface area contributed by atoms with Gasteiger partial charge in [-0.3, -0.25) is 25.0 Å². The minimum atomic E-state index is -0.561. The van der Waals surface area contributed by atoms with E-state index >= 15 is 0 Å². The number of nitrogens with zero attached hydrogens (tertiary/aromatic N) is 7. The minimum absolute atomic E-state index is 0.0536. The van der Waals surface area contributed by atoms with Gasteiger partial charge in [-0.2, -0.15) is 0 Å². The average Bonchev–Trinajstić information content (AvgIpc) is 4.09. The Morgan fingerprint density at radius 2 is 1.83 bits per heavy atom. The van der Waals surface area contributed by atoms with Crippen molar-refractivity contribution in [3.63, 3.8) is 0 Å². The molecule has 64 heavy (non-hydrogen) atoms. The lowest BCUT2D eigenvalue weighted by Gasteiger charge is -2.58. The molecule has 0 radical (unpaired) electrons. The van der Waals surface area contributed by atoms with E-state index in [1.807, 2.05) is 6.20 Å². The van der Waals surface area contributed by atoms with E-state index in [0.29, 0.717) is 39.2 Å². The molecular weight excluding hydrogens is 811 g/mol. The molecule has 0 amide bonds. The molecule has 3 unspecified atom stereocenters. The molecule has 3 atom stereocenters. The molecule has 8 rings (SSSR count). The van der Waals surface area contributed by atoms with Crippen LogP contribution in [0.1, 0.15) is 77.2 Å². The number of fused-ring (bicyclic) bond motifs is 1. The van der Waals surface area contributed by atoms with E-state index in [2.05, 4.69) is 93.6 Å². The van der Waals surface area contributed by atoms with Crippen LogP contribution in [0.5, 0.6) is 0 Å². The predicted molar refractivity (Wildman–Crippen MR) is 254 cm³/mol. The van der Waals surface area contributed by atoms with Gasteiger partial charge in [-0.25, -0.2) is 5.01 Å². The molecule has 15 heteroatoms. The second-order valence-corrected chi connectivity index (χ2v) is 19.8. The highest BCUT2D eigenvalue weighted by Crippen LogP contribution is 2.44. The van der Waals surface area contributed by atoms with Crippen molar-refractivity contribution in [1.29, 1.82) is 0 Å². The van der Waals surface area contributed by atoms with Crippen molar-refractivity contribution in [3.05, 3.63) is 41.7 Å². The first-order chi connectivity index (χ1) is 30.9. The zero-order valence-corrected chi connectivity index (χ0v) is 39.9. The fourth-order valence-electron chi connectivity index (χ4n) is 10.3. The van der Waals surface area contributed by atoms with Crippen molar-refractivity contribution >= 4 is 35.0 Å². The van der Waals surface area contributed by atoms with Gasteiger partial charge >= 0.3 is 0 Å².